The number of aryl methyl sites for hydroxylation is 2. The average Bonchev–Trinajstić information content (AvgIpc) is 2.44. The van der Waals surface area contributed by atoms with Crippen LogP contribution < -0.4 is 6.15 Å². The Kier molecular flexibility index (Phi) is 3.63. The van der Waals surface area contributed by atoms with Crippen molar-refractivity contribution in [3.05, 3.63) is 66.0 Å². The number of benzene rings is 2. The lowest BCUT2D eigenvalue weighted by molar-refractivity contribution is 1.33. The highest BCUT2D eigenvalue weighted by Crippen LogP contribution is 2.27. The first-order chi connectivity index (χ1) is 8.75. The van der Waals surface area contributed by atoms with Gasteiger partial charge in [-0.2, -0.15) is 0 Å². The predicted octanol–water partition coefficient (Wildman–Crippen LogP) is 4.68. The lowest BCUT2D eigenvalue weighted by Gasteiger charge is -2.08. The van der Waals surface area contributed by atoms with Crippen molar-refractivity contribution >= 4 is 10.8 Å². The Balaban J connectivity index is 0.00000133. The molecule has 2 nitrogen and oxygen atoms in total. The summed E-state index contributed by atoms with van der Waals surface area (Å²) in [6, 6.07) is 15.1. The lowest BCUT2D eigenvalue weighted by atomic mass is 9.97. The highest BCUT2D eigenvalue weighted by molar-refractivity contribution is 5.90. The van der Waals surface area contributed by atoms with E-state index in [1.165, 1.54) is 33.0 Å². The maximum Gasteiger partial charge on any atom is 0.0273 e. The molecule has 0 saturated carbocycles. The minimum Gasteiger partial charge on any atom is -0.344 e. The van der Waals surface area contributed by atoms with E-state index >= 15 is 0 Å². The monoisotopic (exact) mass is 250 g/mol. The van der Waals surface area contributed by atoms with E-state index in [9.17, 15) is 0 Å². The number of nitrogens with zero attached hydrogens (tertiary/aromatic N) is 1. The molecule has 0 unspecified atom stereocenters. The fraction of sp³-hybridized carbons (Fsp3) is 0.118. The van der Waals surface area contributed by atoms with Crippen molar-refractivity contribution in [1.29, 1.82) is 0 Å². The molecule has 1 heterocycles. The molecule has 0 aliphatic rings. The normalized spacial score (nSPS) is 10.2. The fourth-order valence-electron chi connectivity index (χ4n) is 2.32. The van der Waals surface area contributed by atoms with Gasteiger partial charge in [0.15, 0.2) is 0 Å². The maximum absolute atomic E-state index is 4.06. The largest absolute Gasteiger partial charge is 0.344 e. The summed E-state index contributed by atoms with van der Waals surface area (Å²) in [5.74, 6) is 0. The smallest absolute Gasteiger partial charge is 0.0273 e. The molecule has 0 saturated heterocycles. The minimum absolute atomic E-state index is 0. The SMILES string of the molecule is Cc1ccc2cc(-c3ccncc3)ccc2c1C.N. The van der Waals surface area contributed by atoms with Crippen molar-refractivity contribution in [2.75, 3.05) is 0 Å². The van der Waals surface area contributed by atoms with Gasteiger partial charge in [-0.1, -0.05) is 24.3 Å². The van der Waals surface area contributed by atoms with Gasteiger partial charge in [0, 0.05) is 12.4 Å². The predicted molar refractivity (Wildman–Crippen MR) is 81.7 cm³/mol. The molecular formula is C17H18N2. The molecular weight excluding hydrogens is 232 g/mol. The van der Waals surface area contributed by atoms with Gasteiger partial charge in [-0.15, -0.1) is 0 Å². The topological polar surface area (TPSA) is 47.9 Å². The van der Waals surface area contributed by atoms with E-state index < -0.39 is 0 Å². The quantitative estimate of drug-likeness (QED) is 0.681. The second-order valence-electron chi connectivity index (χ2n) is 4.68. The van der Waals surface area contributed by atoms with E-state index in [1.54, 1.807) is 0 Å². The molecule has 0 amide bonds. The van der Waals surface area contributed by atoms with Crippen molar-refractivity contribution in [3.63, 3.8) is 0 Å². The first-order valence-corrected chi connectivity index (χ1v) is 6.16. The highest BCUT2D eigenvalue weighted by atomic mass is 14.6. The van der Waals surface area contributed by atoms with Crippen LogP contribution in [0, 0.1) is 13.8 Å². The van der Waals surface area contributed by atoms with Gasteiger partial charge in [0.1, 0.15) is 0 Å². The summed E-state index contributed by atoms with van der Waals surface area (Å²) in [5, 5.41) is 2.64. The van der Waals surface area contributed by atoms with Crippen molar-refractivity contribution in [2.45, 2.75) is 13.8 Å². The van der Waals surface area contributed by atoms with Crippen LogP contribution in [0.2, 0.25) is 0 Å². The summed E-state index contributed by atoms with van der Waals surface area (Å²) in [6.07, 6.45) is 3.67. The summed E-state index contributed by atoms with van der Waals surface area (Å²) >= 11 is 0. The zero-order valence-corrected chi connectivity index (χ0v) is 11.4. The van der Waals surface area contributed by atoms with Gasteiger partial charge < -0.3 is 6.15 Å². The second-order valence-corrected chi connectivity index (χ2v) is 4.68. The molecule has 1 aromatic heterocycles. The summed E-state index contributed by atoms with van der Waals surface area (Å²) in [6.45, 7) is 4.34. The number of hydrogen-bond acceptors (Lipinski definition) is 2. The number of fused-ring (bicyclic) bond motifs is 1. The van der Waals surface area contributed by atoms with Crippen LogP contribution >= 0.6 is 0 Å². The van der Waals surface area contributed by atoms with Crippen molar-refractivity contribution < 1.29 is 0 Å². The van der Waals surface area contributed by atoms with Gasteiger partial charge >= 0.3 is 0 Å². The van der Waals surface area contributed by atoms with Crippen LogP contribution in [0.1, 0.15) is 11.1 Å². The van der Waals surface area contributed by atoms with E-state index in [0.717, 1.165) is 0 Å². The van der Waals surface area contributed by atoms with Gasteiger partial charge in [-0.3, -0.25) is 4.98 Å². The van der Waals surface area contributed by atoms with Gasteiger partial charge in [0.2, 0.25) is 0 Å². The highest BCUT2D eigenvalue weighted by Gasteiger charge is 2.02. The van der Waals surface area contributed by atoms with E-state index in [2.05, 4.69) is 49.2 Å². The van der Waals surface area contributed by atoms with E-state index in [4.69, 9.17) is 0 Å². The third-order valence-electron chi connectivity index (χ3n) is 3.57. The third-order valence-corrected chi connectivity index (χ3v) is 3.57. The summed E-state index contributed by atoms with van der Waals surface area (Å²) in [5.41, 5.74) is 5.17. The number of hydrogen-bond donors (Lipinski definition) is 1. The molecule has 0 radical (unpaired) electrons. The molecule has 0 atom stereocenters. The Bertz CT molecular complexity index is 703. The molecule has 3 N–H and O–H groups in total. The van der Waals surface area contributed by atoms with Crippen LogP contribution in [0.5, 0.6) is 0 Å². The number of aromatic nitrogens is 1. The van der Waals surface area contributed by atoms with Crippen molar-refractivity contribution in [1.82, 2.24) is 11.1 Å². The molecule has 19 heavy (non-hydrogen) atoms. The molecule has 3 rings (SSSR count). The van der Waals surface area contributed by atoms with Crippen molar-refractivity contribution in [2.24, 2.45) is 0 Å². The maximum atomic E-state index is 4.06. The van der Waals surface area contributed by atoms with Crippen LogP contribution in [0.3, 0.4) is 0 Å². The van der Waals surface area contributed by atoms with Crippen LogP contribution in [-0.2, 0) is 0 Å². The average molecular weight is 250 g/mol. The van der Waals surface area contributed by atoms with Crippen molar-refractivity contribution in [3.8, 4) is 11.1 Å². The van der Waals surface area contributed by atoms with E-state index in [1.807, 2.05) is 24.5 Å². The zero-order chi connectivity index (χ0) is 12.5. The van der Waals surface area contributed by atoms with Crippen LogP contribution in [0.15, 0.2) is 54.9 Å². The molecule has 96 valence electrons. The standard InChI is InChI=1S/C17H15N.H3N/c1-12-3-4-16-11-15(5-6-17(16)13(12)2)14-7-9-18-10-8-14;/h3-11H,1-2H3;1H3. The molecule has 0 aliphatic heterocycles. The molecule has 0 spiro atoms. The van der Waals surface area contributed by atoms with Gasteiger partial charge in [0.05, 0.1) is 0 Å². The molecule has 2 heteroatoms. The Hall–Kier alpha value is -2.19. The third kappa shape index (κ3) is 2.35. The first-order valence-electron chi connectivity index (χ1n) is 6.16. The van der Waals surface area contributed by atoms with Gasteiger partial charge in [-0.05, 0) is 65.1 Å². The Morgan fingerprint density at radius 2 is 1.53 bits per heavy atom. The fourth-order valence-corrected chi connectivity index (χ4v) is 2.32. The lowest BCUT2D eigenvalue weighted by Crippen LogP contribution is -1.85. The molecule has 0 bridgehead atoms. The summed E-state index contributed by atoms with van der Waals surface area (Å²) < 4.78 is 0. The first kappa shape index (κ1) is 13.2. The Morgan fingerprint density at radius 3 is 2.26 bits per heavy atom. The Morgan fingerprint density at radius 1 is 0.789 bits per heavy atom. The zero-order valence-electron chi connectivity index (χ0n) is 11.4. The molecule has 0 aliphatic carbocycles. The van der Waals surface area contributed by atoms with Gasteiger partial charge in [-0.25, -0.2) is 0 Å². The van der Waals surface area contributed by atoms with Crippen LogP contribution in [0.25, 0.3) is 21.9 Å². The van der Waals surface area contributed by atoms with Crippen LogP contribution in [0.4, 0.5) is 0 Å². The molecule has 3 aromatic rings. The van der Waals surface area contributed by atoms with Gasteiger partial charge in [0.25, 0.3) is 0 Å². The van der Waals surface area contributed by atoms with Crippen LogP contribution in [-0.4, -0.2) is 4.98 Å². The number of rotatable bonds is 1. The van der Waals surface area contributed by atoms with E-state index in [-0.39, 0.29) is 6.15 Å². The van der Waals surface area contributed by atoms with E-state index in [0.29, 0.717) is 0 Å². The molecule has 2 aromatic carbocycles. The minimum atomic E-state index is 0. The summed E-state index contributed by atoms with van der Waals surface area (Å²) in [4.78, 5) is 4.06. The Labute approximate surface area is 113 Å². The number of pyridine rings is 1. The summed E-state index contributed by atoms with van der Waals surface area (Å²) in [7, 11) is 0. The molecule has 0 fully saturated rings. The second kappa shape index (κ2) is 5.21.